The molecule has 2 unspecified atom stereocenters. The molecule has 0 aliphatic rings. The van der Waals surface area contributed by atoms with Crippen LogP contribution in [0.5, 0.6) is 0 Å². The van der Waals surface area contributed by atoms with E-state index in [2.05, 4.69) is 19.0 Å². The third kappa shape index (κ3) is 7.23. The van der Waals surface area contributed by atoms with E-state index in [9.17, 15) is 9.70 Å². The number of nitroso groups, excluding NO2 is 1. The minimum atomic E-state index is -0.511. The lowest BCUT2D eigenvalue weighted by atomic mass is 9.88. The fourth-order valence-corrected chi connectivity index (χ4v) is 1.69. The first-order valence-electron chi connectivity index (χ1n) is 5.98. The summed E-state index contributed by atoms with van der Waals surface area (Å²) in [7, 11) is 0. The summed E-state index contributed by atoms with van der Waals surface area (Å²) >= 11 is 0. The van der Waals surface area contributed by atoms with E-state index in [1.807, 2.05) is 6.92 Å². The molecule has 0 saturated heterocycles. The third-order valence-electron chi connectivity index (χ3n) is 3.08. The van der Waals surface area contributed by atoms with Gasteiger partial charge in [-0.15, -0.1) is 4.91 Å². The zero-order chi connectivity index (χ0) is 11.7. The molecule has 0 aromatic heterocycles. The molecule has 0 fully saturated rings. The van der Waals surface area contributed by atoms with Gasteiger partial charge in [0, 0.05) is 11.6 Å². The Hall–Kier alpha value is -0.730. The second-order valence-corrected chi connectivity index (χ2v) is 4.49. The zero-order valence-electron chi connectivity index (χ0n) is 10.2. The summed E-state index contributed by atoms with van der Waals surface area (Å²) in [4.78, 5) is 20.8. The van der Waals surface area contributed by atoms with Crippen molar-refractivity contribution in [2.24, 2.45) is 17.0 Å². The van der Waals surface area contributed by atoms with E-state index in [-0.39, 0.29) is 5.92 Å². The minimum Gasteiger partial charge on any atom is -0.269 e. The topological polar surface area (TPSA) is 46.5 Å². The van der Waals surface area contributed by atoms with Crippen LogP contribution >= 0.6 is 0 Å². The Morgan fingerprint density at radius 2 is 1.80 bits per heavy atom. The molecule has 0 heterocycles. The van der Waals surface area contributed by atoms with E-state index < -0.39 is 5.91 Å². The highest BCUT2D eigenvalue weighted by Gasteiger charge is 2.15. The lowest BCUT2D eigenvalue weighted by Crippen LogP contribution is -2.12. The van der Waals surface area contributed by atoms with E-state index in [1.54, 1.807) is 0 Å². The smallest absolute Gasteiger partial charge is 0.269 e. The molecule has 3 heteroatoms. The van der Waals surface area contributed by atoms with Crippen LogP contribution in [0, 0.1) is 16.7 Å². The van der Waals surface area contributed by atoms with Crippen LogP contribution in [0.4, 0.5) is 0 Å². The fraction of sp³-hybridized carbons (Fsp3) is 0.917. The Morgan fingerprint density at radius 1 is 1.13 bits per heavy atom. The molecule has 0 radical (unpaired) electrons. The van der Waals surface area contributed by atoms with Crippen LogP contribution in [-0.4, -0.2) is 5.91 Å². The number of rotatable bonds is 8. The standard InChI is InChI=1S/C12H23NO2/c1-4-5-6-7-8-10(2)11(3)9-12(14)13-15/h10-11H,4-9H2,1-3H3. The van der Waals surface area contributed by atoms with Crippen molar-refractivity contribution in [3.05, 3.63) is 4.91 Å². The first-order valence-corrected chi connectivity index (χ1v) is 5.98. The van der Waals surface area contributed by atoms with Gasteiger partial charge in [-0.25, -0.2) is 0 Å². The molecule has 0 bridgehead atoms. The molecule has 0 aliphatic heterocycles. The molecule has 0 aliphatic carbocycles. The van der Waals surface area contributed by atoms with Crippen LogP contribution in [-0.2, 0) is 4.79 Å². The van der Waals surface area contributed by atoms with E-state index >= 15 is 0 Å². The Bertz CT molecular complexity index is 192. The molecule has 88 valence electrons. The lowest BCUT2D eigenvalue weighted by molar-refractivity contribution is -0.119. The van der Waals surface area contributed by atoms with Crippen LogP contribution in [0.1, 0.15) is 59.3 Å². The molecule has 0 aromatic carbocycles. The second kappa shape index (κ2) is 8.57. The van der Waals surface area contributed by atoms with Crippen molar-refractivity contribution < 1.29 is 4.79 Å². The molecule has 2 atom stereocenters. The van der Waals surface area contributed by atoms with E-state index in [1.165, 1.54) is 25.7 Å². The molecular weight excluding hydrogens is 190 g/mol. The number of carbonyl (C=O) groups is 1. The lowest BCUT2D eigenvalue weighted by Gasteiger charge is -2.17. The SMILES string of the molecule is CCCCCCC(C)C(C)CC(=O)N=O. The Labute approximate surface area is 92.6 Å². The van der Waals surface area contributed by atoms with Crippen LogP contribution in [0.2, 0.25) is 0 Å². The van der Waals surface area contributed by atoms with Crippen molar-refractivity contribution >= 4 is 5.91 Å². The summed E-state index contributed by atoms with van der Waals surface area (Å²) in [6.45, 7) is 6.36. The molecule has 0 rings (SSSR count). The van der Waals surface area contributed by atoms with Crippen LogP contribution in [0.25, 0.3) is 0 Å². The predicted octanol–water partition coefficient (Wildman–Crippen LogP) is 3.91. The number of hydrogen-bond donors (Lipinski definition) is 0. The van der Waals surface area contributed by atoms with Gasteiger partial charge in [0.2, 0.25) is 0 Å². The Kier molecular flexibility index (Phi) is 8.15. The van der Waals surface area contributed by atoms with Gasteiger partial charge in [0.1, 0.15) is 0 Å². The molecule has 0 N–H and O–H groups in total. The van der Waals surface area contributed by atoms with Crippen LogP contribution in [0.15, 0.2) is 5.18 Å². The minimum absolute atomic E-state index is 0.275. The van der Waals surface area contributed by atoms with Crippen molar-refractivity contribution in [3.63, 3.8) is 0 Å². The first-order chi connectivity index (χ1) is 7.11. The summed E-state index contributed by atoms with van der Waals surface area (Å²) in [6.07, 6.45) is 6.48. The van der Waals surface area contributed by atoms with Gasteiger partial charge in [-0.1, -0.05) is 52.9 Å². The van der Waals surface area contributed by atoms with Crippen molar-refractivity contribution in [1.29, 1.82) is 0 Å². The van der Waals surface area contributed by atoms with Gasteiger partial charge in [-0.2, -0.15) is 0 Å². The highest BCUT2D eigenvalue weighted by atomic mass is 16.3. The van der Waals surface area contributed by atoms with Crippen LogP contribution < -0.4 is 0 Å². The predicted molar refractivity (Wildman–Crippen MR) is 62.5 cm³/mol. The largest absolute Gasteiger partial charge is 0.286 e. The number of hydrogen-bond acceptors (Lipinski definition) is 2. The average molecular weight is 213 g/mol. The molecule has 1 amide bonds. The number of amides is 1. The molecule has 0 saturated carbocycles. The molecule has 15 heavy (non-hydrogen) atoms. The quantitative estimate of drug-likeness (QED) is 0.453. The molecule has 3 nitrogen and oxygen atoms in total. The maximum Gasteiger partial charge on any atom is 0.286 e. The van der Waals surface area contributed by atoms with Crippen molar-refractivity contribution in [2.75, 3.05) is 0 Å². The fourth-order valence-electron chi connectivity index (χ4n) is 1.69. The van der Waals surface area contributed by atoms with E-state index in [0.29, 0.717) is 12.3 Å². The van der Waals surface area contributed by atoms with Crippen molar-refractivity contribution in [1.82, 2.24) is 0 Å². The second-order valence-electron chi connectivity index (χ2n) is 4.49. The maximum absolute atomic E-state index is 10.8. The Balaban J connectivity index is 3.63. The van der Waals surface area contributed by atoms with E-state index in [4.69, 9.17) is 0 Å². The zero-order valence-corrected chi connectivity index (χ0v) is 10.2. The van der Waals surface area contributed by atoms with E-state index in [0.717, 1.165) is 6.42 Å². The monoisotopic (exact) mass is 213 g/mol. The maximum atomic E-state index is 10.8. The van der Waals surface area contributed by atoms with Gasteiger partial charge in [0.05, 0.1) is 0 Å². The highest BCUT2D eigenvalue weighted by molar-refractivity contribution is 5.76. The van der Waals surface area contributed by atoms with Gasteiger partial charge in [0.25, 0.3) is 5.91 Å². The van der Waals surface area contributed by atoms with Gasteiger partial charge >= 0.3 is 0 Å². The van der Waals surface area contributed by atoms with Gasteiger partial charge in [-0.05, 0) is 11.8 Å². The molecular formula is C12H23NO2. The summed E-state index contributed by atoms with van der Waals surface area (Å²) < 4.78 is 0. The van der Waals surface area contributed by atoms with Gasteiger partial charge in [0.15, 0.2) is 0 Å². The van der Waals surface area contributed by atoms with Crippen LogP contribution in [0.3, 0.4) is 0 Å². The number of nitrogens with zero attached hydrogens (tertiary/aromatic N) is 1. The number of carbonyl (C=O) groups excluding carboxylic acids is 1. The normalized spacial score (nSPS) is 14.6. The third-order valence-corrected chi connectivity index (χ3v) is 3.08. The Morgan fingerprint density at radius 3 is 2.33 bits per heavy atom. The summed E-state index contributed by atoms with van der Waals surface area (Å²) in [6, 6.07) is 0. The van der Waals surface area contributed by atoms with Gasteiger partial charge < -0.3 is 0 Å². The van der Waals surface area contributed by atoms with Crippen molar-refractivity contribution in [2.45, 2.75) is 59.3 Å². The average Bonchev–Trinajstić information content (AvgIpc) is 2.23. The van der Waals surface area contributed by atoms with Gasteiger partial charge in [-0.3, -0.25) is 4.79 Å². The van der Waals surface area contributed by atoms with Crippen molar-refractivity contribution in [3.8, 4) is 0 Å². The highest BCUT2D eigenvalue weighted by Crippen LogP contribution is 2.21. The summed E-state index contributed by atoms with van der Waals surface area (Å²) in [5.41, 5.74) is 0. The molecule has 0 aromatic rings. The molecule has 0 spiro atoms. The summed E-state index contributed by atoms with van der Waals surface area (Å²) in [5, 5.41) is 2.43. The summed E-state index contributed by atoms with van der Waals surface area (Å²) in [5.74, 6) is 0.271. The number of unbranched alkanes of at least 4 members (excludes halogenated alkanes) is 3. The first kappa shape index (κ1) is 14.3.